The number of benzene rings is 1. The topological polar surface area (TPSA) is 89.2 Å². The number of nitrogen functional groups attached to an aromatic ring is 1. The van der Waals surface area contributed by atoms with Gasteiger partial charge in [0.15, 0.2) is 5.65 Å². The summed E-state index contributed by atoms with van der Waals surface area (Å²) in [4.78, 5) is 16.1. The second-order valence-electron chi connectivity index (χ2n) is 7.75. The van der Waals surface area contributed by atoms with Crippen LogP contribution >= 0.6 is 0 Å². The van der Waals surface area contributed by atoms with Crippen molar-refractivity contribution in [2.75, 3.05) is 31.2 Å². The average molecular weight is 393 g/mol. The number of nitrogens with zero attached hydrogens (tertiary/aromatic N) is 4. The Morgan fingerprint density at radius 3 is 2.52 bits per heavy atom. The third kappa shape index (κ3) is 4.40. The molecule has 1 aliphatic rings. The molecule has 7 nitrogen and oxygen atoms in total. The zero-order valence-electron chi connectivity index (χ0n) is 17.3. The van der Waals surface area contributed by atoms with Gasteiger partial charge in [-0.05, 0) is 56.0 Å². The van der Waals surface area contributed by atoms with Gasteiger partial charge in [0, 0.05) is 31.4 Å². The van der Waals surface area contributed by atoms with Crippen molar-refractivity contribution >= 4 is 22.8 Å². The third-order valence-corrected chi connectivity index (χ3v) is 5.51. The van der Waals surface area contributed by atoms with E-state index in [9.17, 15) is 0 Å². The summed E-state index contributed by atoms with van der Waals surface area (Å²) in [5, 5.41) is 4.31. The van der Waals surface area contributed by atoms with E-state index in [2.05, 4.69) is 37.3 Å². The standard InChI is InChI=1S/C22H28N6O/c1-14-12-15(2)24-21-19(14)20(23)26-22(27-21)25-17-8-10-28(11-9-17)13-16-4-6-18(29-3)7-5-16/h4-7,12,17H,8-11,13H2,1-3H3,(H3,23,24,25,26,27). The van der Waals surface area contributed by atoms with Crippen LogP contribution in [0.15, 0.2) is 30.3 Å². The van der Waals surface area contributed by atoms with Crippen LogP contribution in [0.3, 0.4) is 0 Å². The number of hydrogen-bond donors (Lipinski definition) is 2. The number of methoxy groups -OCH3 is 1. The average Bonchev–Trinajstić information content (AvgIpc) is 2.69. The minimum absolute atomic E-state index is 0.338. The van der Waals surface area contributed by atoms with E-state index in [4.69, 9.17) is 10.5 Å². The van der Waals surface area contributed by atoms with Gasteiger partial charge in [-0.25, -0.2) is 4.98 Å². The van der Waals surface area contributed by atoms with Gasteiger partial charge in [-0.3, -0.25) is 4.90 Å². The number of rotatable bonds is 5. The molecular formula is C22H28N6O. The number of nitrogens with one attached hydrogen (secondary N) is 1. The lowest BCUT2D eigenvalue weighted by Crippen LogP contribution is -2.39. The van der Waals surface area contributed by atoms with Gasteiger partial charge < -0.3 is 15.8 Å². The van der Waals surface area contributed by atoms with Crippen LogP contribution in [-0.2, 0) is 6.54 Å². The van der Waals surface area contributed by atoms with Crippen molar-refractivity contribution in [3.8, 4) is 5.75 Å². The lowest BCUT2D eigenvalue weighted by Gasteiger charge is -2.32. The van der Waals surface area contributed by atoms with Gasteiger partial charge in [-0.15, -0.1) is 0 Å². The van der Waals surface area contributed by atoms with Gasteiger partial charge in [-0.2, -0.15) is 9.97 Å². The monoisotopic (exact) mass is 392 g/mol. The molecule has 1 saturated heterocycles. The first-order valence-electron chi connectivity index (χ1n) is 10.0. The Morgan fingerprint density at radius 2 is 1.83 bits per heavy atom. The fourth-order valence-electron chi connectivity index (χ4n) is 3.98. The van der Waals surface area contributed by atoms with E-state index in [-0.39, 0.29) is 0 Å². The molecule has 1 fully saturated rings. The molecular weight excluding hydrogens is 364 g/mol. The number of aryl methyl sites for hydroxylation is 2. The predicted octanol–water partition coefficient (Wildman–Crippen LogP) is 3.31. The summed E-state index contributed by atoms with van der Waals surface area (Å²) < 4.78 is 5.23. The Morgan fingerprint density at radius 1 is 1.10 bits per heavy atom. The number of hydrogen-bond acceptors (Lipinski definition) is 7. The molecule has 0 bridgehead atoms. The van der Waals surface area contributed by atoms with Gasteiger partial charge >= 0.3 is 0 Å². The maximum Gasteiger partial charge on any atom is 0.226 e. The molecule has 0 aliphatic carbocycles. The highest BCUT2D eigenvalue weighted by Gasteiger charge is 2.20. The van der Waals surface area contributed by atoms with Crippen LogP contribution in [0.25, 0.3) is 11.0 Å². The summed E-state index contributed by atoms with van der Waals surface area (Å²) in [6.45, 7) is 7.00. The van der Waals surface area contributed by atoms with Crippen LogP contribution in [0.1, 0.15) is 29.7 Å². The SMILES string of the molecule is COc1ccc(CN2CCC(Nc3nc(N)c4c(C)cc(C)nc4n3)CC2)cc1. The number of anilines is 2. The zero-order valence-corrected chi connectivity index (χ0v) is 17.3. The second-order valence-corrected chi connectivity index (χ2v) is 7.75. The number of likely N-dealkylation sites (tertiary alicyclic amines) is 1. The number of ether oxygens (including phenoxy) is 1. The first-order valence-corrected chi connectivity index (χ1v) is 10.0. The van der Waals surface area contributed by atoms with Gasteiger partial charge in [-0.1, -0.05) is 12.1 Å². The second kappa shape index (κ2) is 8.21. The molecule has 3 heterocycles. The molecule has 0 spiro atoms. The fraction of sp³-hybridized carbons (Fsp3) is 0.409. The summed E-state index contributed by atoms with van der Waals surface area (Å²) in [6, 6.07) is 10.6. The first-order chi connectivity index (χ1) is 14.0. The number of fused-ring (bicyclic) bond motifs is 1. The Balaban J connectivity index is 1.38. The van der Waals surface area contributed by atoms with Crippen LogP contribution in [0.5, 0.6) is 5.75 Å². The van der Waals surface area contributed by atoms with E-state index < -0.39 is 0 Å². The summed E-state index contributed by atoms with van der Waals surface area (Å²) in [7, 11) is 1.69. The summed E-state index contributed by atoms with van der Waals surface area (Å²) in [5.41, 5.74) is 10.2. The predicted molar refractivity (Wildman–Crippen MR) is 116 cm³/mol. The van der Waals surface area contributed by atoms with Crippen LogP contribution in [-0.4, -0.2) is 46.1 Å². The molecule has 7 heteroatoms. The van der Waals surface area contributed by atoms with E-state index in [0.717, 1.165) is 54.9 Å². The first kappa shape index (κ1) is 19.4. The number of piperidine rings is 1. The molecule has 2 aromatic heterocycles. The van der Waals surface area contributed by atoms with Crippen molar-refractivity contribution in [2.45, 2.75) is 39.3 Å². The number of aromatic nitrogens is 3. The minimum Gasteiger partial charge on any atom is -0.497 e. The van der Waals surface area contributed by atoms with Gasteiger partial charge in [0.05, 0.1) is 12.5 Å². The summed E-state index contributed by atoms with van der Waals surface area (Å²) >= 11 is 0. The molecule has 29 heavy (non-hydrogen) atoms. The number of nitrogens with two attached hydrogens (primary N) is 1. The summed E-state index contributed by atoms with van der Waals surface area (Å²) in [5.74, 6) is 1.95. The van der Waals surface area contributed by atoms with Crippen LogP contribution < -0.4 is 15.8 Å². The molecule has 0 atom stereocenters. The quantitative estimate of drug-likeness (QED) is 0.688. The van der Waals surface area contributed by atoms with Gasteiger partial charge in [0.25, 0.3) is 0 Å². The lowest BCUT2D eigenvalue weighted by molar-refractivity contribution is 0.211. The summed E-state index contributed by atoms with van der Waals surface area (Å²) in [6.07, 6.45) is 2.08. The molecule has 0 unspecified atom stereocenters. The molecule has 1 aromatic carbocycles. The Kier molecular flexibility index (Phi) is 5.49. The molecule has 152 valence electrons. The maximum absolute atomic E-state index is 6.19. The molecule has 0 radical (unpaired) electrons. The normalized spacial score (nSPS) is 15.6. The van der Waals surface area contributed by atoms with Crippen molar-refractivity contribution in [1.29, 1.82) is 0 Å². The Bertz CT molecular complexity index is 996. The largest absolute Gasteiger partial charge is 0.497 e. The van der Waals surface area contributed by atoms with Crippen LogP contribution in [0, 0.1) is 13.8 Å². The fourth-order valence-corrected chi connectivity index (χ4v) is 3.98. The minimum atomic E-state index is 0.338. The van der Waals surface area contributed by atoms with Crippen molar-refractivity contribution in [3.05, 3.63) is 47.2 Å². The van der Waals surface area contributed by atoms with E-state index in [1.54, 1.807) is 7.11 Å². The maximum atomic E-state index is 6.19. The van der Waals surface area contributed by atoms with E-state index in [1.807, 2.05) is 32.0 Å². The highest BCUT2D eigenvalue weighted by atomic mass is 16.5. The van der Waals surface area contributed by atoms with Crippen LogP contribution in [0.4, 0.5) is 11.8 Å². The van der Waals surface area contributed by atoms with Crippen molar-refractivity contribution < 1.29 is 4.74 Å². The highest BCUT2D eigenvalue weighted by Crippen LogP contribution is 2.24. The highest BCUT2D eigenvalue weighted by molar-refractivity contribution is 5.89. The molecule has 1 aliphatic heterocycles. The van der Waals surface area contributed by atoms with Gasteiger partial charge in [0.2, 0.25) is 5.95 Å². The zero-order chi connectivity index (χ0) is 20.4. The molecule has 3 N–H and O–H groups in total. The van der Waals surface area contributed by atoms with Crippen molar-refractivity contribution in [3.63, 3.8) is 0 Å². The molecule has 3 aromatic rings. The van der Waals surface area contributed by atoms with Crippen molar-refractivity contribution in [1.82, 2.24) is 19.9 Å². The van der Waals surface area contributed by atoms with Gasteiger partial charge in [0.1, 0.15) is 11.6 Å². The lowest BCUT2D eigenvalue weighted by atomic mass is 10.0. The smallest absolute Gasteiger partial charge is 0.226 e. The van der Waals surface area contributed by atoms with Crippen molar-refractivity contribution in [2.24, 2.45) is 0 Å². The third-order valence-electron chi connectivity index (χ3n) is 5.51. The Hall–Kier alpha value is -2.93. The van der Waals surface area contributed by atoms with E-state index in [1.165, 1.54) is 5.56 Å². The molecule has 0 saturated carbocycles. The molecule has 4 rings (SSSR count). The van der Waals surface area contributed by atoms with Crippen LogP contribution in [0.2, 0.25) is 0 Å². The molecule has 0 amide bonds. The van der Waals surface area contributed by atoms with E-state index >= 15 is 0 Å². The number of pyridine rings is 1. The Labute approximate surface area is 171 Å². The van der Waals surface area contributed by atoms with E-state index in [0.29, 0.717) is 23.5 Å².